The minimum Gasteiger partial charge on any atom is -0.526 e. The summed E-state index contributed by atoms with van der Waals surface area (Å²) in [7, 11) is 1.16. The number of rotatable bonds is 5. The van der Waals surface area contributed by atoms with Crippen molar-refractivity contribution in [2.75, 3.05) is 0 Å². The van der Waals surface area contributed by atoms with Gasteiger partial charge in [-0.2, -0.15) is 0 Å². The van der Waals surface area contributed by atoms with Gasteiger partial charge in [-0.25, -0.2) is 4.79 Å². The largest absolute Gasteiger partial charge is 0.658 e. The third kappa shape index (κ3) is 3.28. The van der Waals surface area contributed by atoms with Gasteiger partial charge < -0.3 is 14.4 Å². The molecule has 0 fully saturated rings. The van der Waals surface area contributed by atoms with Crippen LogP contribution in [0, 0.1) is 0 Å². The molecule has 0 heterocycles. The molecule has 0 saturated heterocycles. The lowest BCUT2D eigenvalue weighted by molar-refractivity contribution is 0.0696. The van der Waals surface area contributed by atoms with E-state index >= 15 is 0 Å². The topological polar surface area (TPSA) is 55.8 Å². The van der Waals surface area contributed by atoms with Crippen LogP contribution in [0.5, 0.6) is 11.5 Å². The summed E-state index contributed by atoms with van der Waals surface area (Å²) in [4.78, 5) is 10.8. The Balaban J connectivity index is 1.90. The molecule has 1 N–H and O–H groups in total. The van der Waals surface area contributed by atoms with Crippen molar-refractivity contribution >= 4 is 13.7 Å². The molecule has 0 aliphatic heterocycles. The van der Waals surface area contributed by atoms with Crippen molar-refractivity contribution in [2.45, 2.75) is 0 Å². The van der Waals surface area contributed by atoms with Crippen molar-refractivity contribution in [1.29, 1.82) is 0 Å². The Bertz CT molecular complexity index is 528. The molecule has 0 atom stereocenters. The van der Waals surface area contributed by atoms with E-state index in [1.54, 1.807) is 24.3 Å². The molecule has 4 nitrogen and oxygen atoms in total. The predicted molar refractivity (Wildman–Crippen MR) is 66.9 cm³/mol. The molecular formula is C13H10BO4. The molecule has 5 heteroatoms. The van der Waals surface area contributed by atoms with E-state index in [1.807, 2.05) is 18.2 Å². The van der Waals surface area contributed by atoms with Gasteiger partial charge in [-0.1, -0.05) is 24.3 Å². The third-order valence-corrected chi connectivity index (χ3v) is 2.19. The molecule has 0 unspecified atom stereocenters. The Hall–Kier alpha value is -2.43. The fourth-order valence-electron chi connectivity index (χ4n) is 1.34. The molecule has 0 aliphatic carbocycles. The van der Waals surface area contributed by atoms with Crippen LogP contribution >= 0.6 is 0 Å². The maximum Gasteiger partial charge on any atom is 0.658 e. The summed E-state index contributed by atoms with van der Waals surface area (Å²) in [5, 5.41) is 8.82. The summed E-state index contributed by atoms with van der Waals surface area (Å²) < 4.78 is 10.4. The van der Waals surface area contributed by atoms with Crippen LogP contribution in [0.1, 0.15) is 10.4 Å². The fourth-order valence-corrected chi connectivity index (χ4v) is 1.34. The van der Waals surface area contributed by atoms with Crippen LogP contribution in [0.2, 0.25) is 0 Å². The smallest absolute Gasteiger partial charge is 0.526 e. The van der Waals surface area contributed by atoms with Crippen LogP contribution in [0.25, 0.3) is 0 Å². The van der Waals surface area contributed by atoms with Crippen molar-refractivity contribution in [2.24, 2.45) is 0 Å². The van der Waals surface area contributed by atoms with Crippen molar-refractivity contribution in [3.8, 4) is 11.5 Å². The maximum absolute atomic E-state index is 10.8. The van der Waals surface area contributed by atoms with Crippen LogP contribution in [0.15, 0.2) is 54.6 Å². The fraction of sp³-hybridized carbons (Fsp3) is 0. The zero-order valence-electron chi connectivity index (χ0n) is 9.45. The van der Waals surface area contributed by atoms with Crippen molar-refractivity contribution in [1.82, 2.24) is 0 Å². The van der Waals surface area contributed by atoms with E-state index in [9.17, 15) is 4.79 Å². The Kier molecular flexibility index (Phi) is 3.86. The van der Waals surface area contributed by atoms with Gasteiger partial charge in [0.05, 0.1) is 5.56 Å². The monoisotopic (exact) mass is 241 g/mol. The molecule has 89 valence electrons. The van der Waals surface area contributed by atoms with E-state index in [0.717, 1.165) is 7.69 Å². The zero-order valence-corrected chi connectivity index (χ0v) is 9.45. The zero-order chi connectivity index (χ0) is 12.8. The summed E-state index contributed by atoms with van der Waals surface area (Å²) >= 11 is 0. The average molecular weight is 241 g/mol. The van der Waals surface area contributed by atoms with Crippen molar-refractivity contribution in [3.63, 3.8) is 0 Å². The summed E-state index contributed by atoms with van der Waals surface area (Å²) in [6.07, 6.45) is 0. The number of benzene rings is 2. The van der Waals surface area contributed by atoms with E-state index in [0.29, 0.717) is 11.5 Å². The first-order valence-electron chi connectivity index (χ1n) is 5.29. The van der Waals surface area contributed by atoms with Gasteiger partial charge in [0.1, 0.15) is 11.5 Å². The van der Waals surface area contributed by atoms with Crippen molar-refractivity contribution < 1.29 is 19.2 Å². The second kappa shape index (κ2) is 5.77. The number of carboxylic acid groups (broad SMARTS) is 1. The SMILES string of the molecule is O=C(O)c1cccc(O[B]Oc2ccccc2)c1. The Labute approximate surface area is 105 Å². The van der Waals surface area contributed by atoms with E-state index in [1.165, 1.54) is 12.1 Å². The van der Waals surface area contributed by atoms with Crippen molar-refractivity contribution in [3.05, 3.63) is 60.2 Å². The predicted octanol–water partition coefficient (Wildman–Crippen LogP) is 2.38. The summed E-state index contributed by atoms with van der Waals surface area (Å²) in [6.45, 7) is 0. The lowest BCUT2D eigenvalue weighted by Crippen LogP contribution is -2.11. The van der Waals surface area contributed by atoms with Gasteiger partial charge in [0.15, 0.2) is 0 Å². The average Bonchev–Trinajstić information content (AvgIpc) is 2.40. The second-order valence-electron chi connectivity index (χ2n) is 3.48. The highest BCUT2D eigenvalue weighted by Crippen LogP contribution is 2.13. The molecule has 0 spiro atoms. The van der Waals surface area contributed by atoms with Gasteiger partial charge in [-0.05, 0) is 30.3 Å². The standard InChI is InChI=1S/C13H10BO4/c15-13(16)10-5-4-8-12(9-10)18-14-17-11-6-2-1-3-7-11/h1-9H,(H,15,16). The first kappa shape index (κ1) is 12.0. The summed E-state index contributed by atoms with van der Waals surface area (Å²) in [5.41, 5.74) is 0.167. The summed E-state index contributed by atoms with van der Waals surface area (Å²) in [5.74, 6) is 0.0575. The maximum atomic E-state index is 10.8. The number of hydrogen-bond donors (Lipinski definition) is 1. The summed E-state index contributed by atoms with van der Waals surface area (Å²) in [6, 6.07) is 15.3. The molecule has 0 amide bonds. The lowest BCUT2D eigenvalue weighted by atomic mass is 10.2. The minimum absolute atomic E-state index is 0.167. The van der Waals surface area contributed by atoms with Gasteiger partial charge in [-0.15, -0.1) is 0 Å². The number of carboxylic acids is 1. The Morgan fingerprint density at radius 1 is 0.944 bits per heavy atom. The number of aromatic carboxylic acids is 1. The molecule has 1 radical (unpaired) electrons. The number of carbonyl (C=O) groups is 1. The van der Waals surface area contributed by atoms with Gasteiger partial charge in [-0.3, -0.25) is 0 Å². The van der Waals surface area contributed by atoms with Gasteiger partial charge in [0, 0.05) is 0 Å². The van der Waals surface area contributed by atoms with Gasteiger partial charge in [0.2, 0.25) is 0 Å². The third-order valence-electron chi connectivity index (χ3n) is 2.19. The molecule has 0 bridgehead atoms. The molecule has 0 aliphatic rings. The second-order valence-corrected chi connectivity index (χ2v) is 3.48. The van der Waals surface area contributed by atoms with Crippen LogP contribution < -0.4 is 9.31 Å². The van der Waals surface area contributed by atoms with Crippen LogP contribution in [-0.2, 0) is 0 Å². The minimum atomic E-state index is -0.996. The van der Waals surface area contributed by atoms with E-state index in [2.05, 4.69) is 0 Å². The lowest BCUT2D eigenvalue weighted by Gasteiger charge is -2.06. The first-order valence-corrected chi connectivity index (χ1v) is 5.29. The molecule has 18 heavy (non-hydrogen) atoms. The number of hydrogen-bond acceptors (Lipinski definition) is 3. The quantitative estimate of drug-likeness (QED) is 0.816. The molecule has 2 aromatic rings. The Morgan fingerprint density at radius 3 is 2.33 bits per heavy atom. The van der Waals surface area contributed by atoms with E-state index in [4.69, 9.17) is 14.4 Å². The van der Waals surface area contributed by atoms with Gasteiger partial charge in [0.25, 0.3) is 0 Å². The van der Waals surface area contributed by atoms with Crippen LogP contribution in [0.4, 0.5) is 0 Å². The normalized spacial score (nSPS) is 9.56. The van der Waals surface area contributed by atoms with Crippen LogP contribution in [-0.4, -0.2) is 18.8 Å². The molecule has 0 aromatic heterocycles. The molecule has 0 saturated carbocycles. The Morgan fingerprint density at radius 2 is 1.61 bits per heavy atom. The molecule has 2 rings (SSSR count). The van der Waals surface area contributed by atoms with Crippen LogP contribution in [0.3, 0.4) is 0 Å². The van der Waals surface area contributed by atoms with E-state index < -0.39 is 5.97 Å². The highest BCUT2D eigenvalue weighted by atomic mass is 16.6. The highest BCUT2D eigenvalue weighted by molar-refractivity contribution is 6.20. The van der Waals surface area contributed by atoms with E-state index in [-0.39, 0.29) is 5.56 Å². The highest BCUT2D eigenvalue weighted by Gasteiger charge is 2.05. The molecular weight excluding hydrogens is 231 g/mol. The molecule has 2 aromatic carbocycles. The van der Waals surface area contributed by atoms with Gasteiger partial charge >= 0.3 is 13.7 Å². The number of para-hydroxylation sites is 1. The first-order chi connectivity index (χ1) is 8.75.